The average Bonchev–Trinajstić information content (AvgIpc) is 2.09. The summed E-state index contributed by atoms with van der Waals surface area (Å²) in [6, 6.07) is 2.97. The van der Waals surface area contributed by atoms with Crippen LogP contribution < -0.4 is 9.39 Å². The summed E-state index contributed by atoms with van der Waals surface area (Å²) in [4.78, 5) is 0. The summed E-state index contributed by atoms with van der Waals surface area (Å²) in [5.74, 6) is -2.42. The van der Waals surface area contributed by atoms with Gasteiger partial charge in [0.25, 0.3) is 0 Å². The number of hydrogen-bond acceptors (Lipinski definition) is 5. The Hall–Kier alpha value is -1.61. The van der Waals surface area contributed by atoms with Crippen LogP contribution in [0.25, 0.3) is 0 Å². The Balaban J connectivity index is 2.95. The first kappa shape index (κ1) is 12.5. The molecule has 0 fully saturated rings. The minimum atomic E-state index is -4.96. The van der Waals surface area contributed by atoms with Gasteiger partial charge < -0.3 is 24.5 Å². The second-order valence-electron chi connectivity index (χ2n) is 2.59. The van der Waals surface area contributed by atoms with Gasteiger partial charge in [0, 0.05) is 0 Å². The van der Waals surface area contributed by atoms with Gasteiger partial charge >= 0.3 is 13.7 Å². The van der Waals surface area contributed by atoms with Gasteiger partial charge in [-0.05, 0) is 12.1 Å². The van der Waals surface area contributed by atoms with E-state index in [1.54, 1.807) is 0 Å². The van der Waals surface area contributed by atoms with E-state index in [4.69, 9.17) is 10.0 Å². The summed E-state index contributed by atoms with van der Waals surface area (Å²) in [5, 5.41) is 26.1. The van der Waals surface area contributed by atoms with Crippen LogP contribution in [0, 0.1) is 0 Å². The maximum Gasteiger partial charge on any atom is 0.707 e. The average molecular weight is 238 g/mol. The highest BCUT2D eigenvalue weighted by molar-refractivity contribution is 6.33. The van der Waals surface area contributed by atoms with Crippen molar-refractivity contribution >= 4 is 7.32 Å². The number of hydrogen-bond donors (Lipinski definition) is 3. The molecule has 0 aliphatic rings. The molecule has 0 radical (unpaired) electrons. The first-order valence-corrected chi connectivity index (χ1v) is 3.90. The molecule has 16 heavy (non-hydrogen) atoms. The molecule has 88 valence electrons. The van der Waals surface area contributed by atoms with Crippen LogP contribution in [0.3, 0.4) is 0 Å². The van der Waals surface area contributed by atoms with Crippen molar-refractivity contribution in [3.8, 4) is 17.2 Å². The van der Waals surface area contributed by atoms with E-state index in [1.165, 1.54) is 0 Å². The fourth-order valence-corrected chi connectivity index (χ4v) is 0.918. The lowest BCUT2D eigenvalue weighted by molar-refractivity contribution is -0.275. The molecule has 0 heterocycles. The summed E-state index contributed by atoms with van der Waals surface area (Å²) in [6.07, 6.45) is -4.96. The molecular weight excluding hydrogens is 232 g/mol. The number of benzene rings is 1. The highest BCUT2D eigenvalue weighted by Crippen LogP contribution is 2.38. The Bertz CT molecular complexity index is 368. The van der Waals surface area contributed by atoms with E-state index in [2.05, 4.69) is 9.39 Å². The highest BCUT2D eigenvalue weighted by atomic mass is 19.4. The van der Waals surface area contributed by atoms with Crippen LogP contribution in [0.1, 0.15) is 0 Å². The van der Waals surface area contributed by atoms with Crippen molar-refractivity contribution in [2.45, 2.75) is 6.36 Å². The third-order valence-electron chi connectivity index (χ3n) is 1.42. The minimum absolute atomic E-state index is 0.545. The molecule has 3 N–H and O–H groups in total. The van der Waals surface area contributed by atoms with Crippen molar-refractivity contribution in [2.75, 3.05) is 0 Å². The van der Waals surface area contributed by atoms with Gasteiger partial charge in [0.1, 0.15) is 5.75 Å². The molecule has 9 heteroatoms. The van der Waals surface area contributed by atoms with Crippen molar-refractivity contribution in [3.05, 3.63) is 18.2 Å². The van der Waals surface area contributed by atoms with Crippen molar-refractivity contribution in [2.24, 2.45) is 0 Å². The number of phenolic OH excluding ortho intramolecular Hbond substituents is 1. The lowest BCUT2D eigenvalue weighted by atomic mass is 10.2. The van der Waals surface area contributed by atoms with Crippen LogP contribution in [0.5, 0.6) is 17.2 Å². The summed E-state index contributed by atoms with van der Waals surface area (Å²) >= 11 is 0. The van der Waals surface area contributed by atoms with Crippen LogP contribution in [0.2, 0.25) is 0 Å². The summed E-state index contributed by atoms with van der Waals surface area (Å²) in [6.45, 7) is 0. The van der Waals surface area contributed by atoms with Gasteiger partial charge in [-0.3, -0.25) is 0 Å². The van der Waals surface area contributed by atoms with Gasteiger partial charge in [-0.15, -0.1) is 13.2 Å². The van der Waals surface area contributed by atoms with Crippen molar-refractivity contribution < 1.29 is 37.7 Å². The monoisotopic (exact) mass is 238 g/mol. The van der Waals surface area contributed by atoms with Gasteiger partial charge in [-0.2, -0.15) is 0 Å². The molecule has 0 amide bonds. The van der Waals surface area contributed by atoms with Gasteiger partial charge in [0.05, 0.1) is 0 Å². The lowest BCUT2D eigenvalue weighted by Crippen LogP contribution is -2.21. The molecule has 0 bridgehead atoms. The van der Waals surface area contributed by atoms with Gasteiger partial charge in [0.2, 0.25) is 0 Å². The van der Waals surface area contributed by atoms with Crippen LogP contribution in [0.15, 0.2) is 18.2 Å². The number of rotatable bonds is 3. The Morgan fingerprint density at radius 1 is 1.12 bits per heavy atom. The zero-order chi connectivity index (χ0) is 12.3. The number of aromatic hydroxyl groups is 1. The van der Waals surface area contributed by atoms with E-state index in [0.29, 0.717) is 0 Å². The Labute approximate surface area is 87.8 Å². The minimum Gasteiger partial charge on any atom is -0.509 e. The largest absolute Gasteiger partial charge is 0.707 e. The maximum absolute atomic E-state index is 11.8. The summed E-state index contributed by atoms with van der Waals surface area (Å²) in [5.41, 5.74) is 0. The molecule has 0 aliphatic carbocycles. The molecule has 0 aromatic heterocycles. The fraction of sp³-hybridized carbons (Fsp3) is 0.143. The molecule has 1 aromatic rings. The van der Waals surface area contributed by atoms with Crippen LogP contribution in [-0.4, -0.2) is 28.8 Å². The zero-order valence-corrected chi connectivity index (χ0v) is 7.60. The molecule has 0 aliphatic heterocycles. The van der Waals surface area contributed by atoms with Gasteiger partial charge in [0.15, 0.2) is 11.5 Å². The van der Waals surface area contributed by atoms with Gasteiger partial charge in [-0.1, -0.05) is 6.07 Å². The molecule has 0 spiro atoms. The Morgan fingerprint density at radius 3 is 2.19 bits per heavy atom. The van der Waals surface area contributed by atoms with E-state index in [-0.39, 0.29) is 0 Å². The molecule has 0 saturated heterocycles. The van der Waals surface area contributed by atoms with E-state index in [9.17, 15) is 18.3 Å². The van der Waals surface area contributed by atoms with Crippen molar-refractivity contribution in [1.82, 2.24) is 0 Å². The topological polar surface area (TPSA) is 79.2 Å². The van der Waals surface area contributed by atoms with Crippen LogP contribution >= 0.6 is 0 Å². The molecular formula is C7H6BF3O5. The summed E-state index contributed by atoms with van der Waals surface area (Å²) < 4.78 is 43.2. The standard InChI is InChI=1S/C7H6BF3O5/c9-7(10,11)15-4-2-1-3-5(6(4)12)16-8(13)14/h1-3,12-14H. The van der Waals surface area contributed by atoms with Crippen molar-refractivity contribution in [1.29, 1.82) is 0 Å². The predicted octanol–water partition coefficient (Wildman–Crippen LogP) is 0.639. The number of halogens is 3. The third kappa shape index (κ3) is 3.52. The number of ether oxygens (including phenoxy) is 1. The van der Waals surface area contributed by atoms with E-state index in [0.717, 1.165) is 18.2 Å². The quantitative estimate of drug-likeness (QED) is 0.673. The first-order valence-electron chi connectivity index (χ1n) is 3.90. The molecule has 1 rings (SSSR count). The normalized spacial score (nSPS) is 11.1. The fourth-order valence-electron chi connectivity index (χ4n) is 0.918. The SMILES string of the molecule is OB(O)Oc1cccc(OC(F)(F)F)c1O. The summed E-state index contributed by atoms with van der Waals surface area (Å²) in [7, 11) is -2.26. The van der Waals surface area contributed by atoms with E-state index >= 15 is 0 Å². The Kier molecular flexibility index (Phi) is 3.50. The van der Waals surface area contributed by atoms with E-state index in [1.807, 2.05) is 0 Å². The molecule has 0 saturated carbocycles. The second-order valence-corrected chi connectivity index (χ2v) is 2.59. The molecule has 0 atom stereocenters. The lowest BCUT2D eigenvalue weighted by Gasteiger charge is -2.13. The first-order chi connectivity index (χ1) is 7.29. The predicted molar refractivity (Wildman–Crippen MR) is 45.6 cm³/mol. The van der Waals surface area contributed by atoms with Crippen LogP contribution in [0.4, 0.5) is 13.2 Å². The van der Waals surface area contributed by atoms with Gasteiger partial charge in [-0.25, -0.2) is 0 Å². The molecule has 0 unspecified atom stereocenters. The molecule has 5 nitrogen and oxygen atoms in total. The van der Waals surface area contributed by atoms with Crippen LogP contribution in [-0.2, 0) is 0 Å². The smallest absolute Gasteiger partial charge is 0.509 e. The third-order valence-corrected chi connectivity index (χ3v) is 1.42. The zero-order valence-electron chi connectivity index (χ0n) is 7.60. The highest BCUT2D eigenvalue weighted by Gasteiger charge is 2.33. The van der Waals surface area contributed by atoms with E-state index < -0.39 is 30.9 Å². The number of alkyl halides is 3. The molecule has 1 aromatic carbocycles. The second kappa shape index (κ2) is 4.50. The maximum atomic E-state index is 11.8. The Morgan fingerprint density at radius 2 is 1.69 bits per heavy atom. The number of para-hydroxylation sites is 1. The van der Waals surface area contributed by atoms with Crippen molar-refractivity contribution in [3.63, 3.8) is 0 Å². The number of phenols is 1.